The van der Waals surface area contributed by atoms with Crippen LogP contribution >= 0.6 is 0 Å². The van der Waals surface area contributed by atoms with Crippen molar-refractivity contribution in [3.63, 3.8) is 0 Å². The predicted octanol–water partition coefficient (Wildman–Crippen LogP) is 3.14. The van der Waals surface area contributed by atoms with Crippen LogP contribution in [0.4, 0.5) is 13.6 Å². The number of ether oxygens (including phenoxy) is 1. The topological polar surface area (TPSA) is 87.7 Å². The number of urea groups is 1. The van der Waals surface area contributed by atoms with Gasteiger partial charge in [0, 0.05) is 6.04 Å². The maximum absolute atomic E-state index is 12.8. The highest BCUT2D eigenvalue weighted by molar-refractivity contribution is 6.09. The summed E-state index contributed by atoms with van der Waals surface area (Å²) in [4.78, 5) is 38.3. The van der Waals surface area contributed by atoms with E-state index >= 15 is 0 Å². The third-order valence-electron chi connectivity index (χ3n) is 4.88. The quantitative estimate of drug-likeness (QED) is 0.457. The van der Waals surface area contributed by atoms with Crippen LogP contribution in [0.5, 0.6) is 5.75 Å². The Bertz CT molecular complexity index is 742. The molecule has 1 aromatic rings. The summed E-state index contributed by atoms with van der Waals surface area (Å²) in [5, 5.41) is 5.37. The molecule has 0 saturated carbocycles. The molecule has 4 amide bonds. The van der Waals surface area contributed by atoms with E-state index in [0.29, 0.717) is 5.56 Å². The van der Waals surface area contributed by atoms with Crippen molar-refractivity contribution in [1.29, 1.82) is 0 Å². The number of alkyl halides is 2. The Morgan fingerprint density at radius 2 is 1.90 bits per heavy atom. The lowest BCUT2D eigenvalue weighted by Crippen LogP contribution is -2.45. The van der Waals surface area contributed by atoms with Gasteiger partial charge in [0.25, 0.3) is 5.91 Å². The molecule has 2 rings (SSSR count). The van der Waals surface area contributed by atoms with E-state index in [9.17, 15) is 23.2 Å². The molecule has 1 saturated heterocycles. The highest BCUT2D eigenvalue weighted by Gasteiger charge is 2.49. The van der Waals surface area contributed by atoms with Crippen molar-refractivity contribution in [3.05, 3.63) is 29.8 Å². The summed E-state index contributed by atoms with van der Waals surface area (Å²) < 4.78 is 28.9. The summed E-state index contributed by atoms with van der Waals surface area (Å²) in [7, 11) is 0. The van der Waals surface area contributed by atoms with Crippen LogP contribution in [-0.4, -0.2) is 41.9 Å². The van der Waals surface area contributed by atoms with Crippen molar-refractivity contribution in [2.45, 2.75) is 64.6 Å². The number of carbonyl (C=O) groups excluding carboxylic acids is 3. The average Bonchev–Trinajstić information content (AvgIpc) is 2.86. The third kappa shape index (κ3) is 5.65. The number of amides is 4. The van der Waals surface area contributed by atoms with Gasteiger partial charge in [-0.2, -0.15) is 8.78 Å². The lowest BCUT2D eigenvalue weighted by atomic mass is 9.92. The van der Waals surface area contributed by atoms with Crippen LogP contribution in [0.3, 0.4) is 0 Å². The molecule has 2 N–H and O–H groups in total. The van der Waals surface area contributed by atoms with Crippen molar-refractivity contribution >= 4 is 17.8 Å². The van der Waals surface area contributed by atoms with Gasteiger partial charge in [-0.05, 0) is 38.0 Å². The average molecular weight is 411 g/mol. The van der Waals surface area contributed by atoms with Gasteiger partial charge in [0.1, 0.15) is 17.8 Å². The highest BCUT2D eigenvalue weighted by Crippen LogP contribution is 2.30. The molecule has 1 aliphatic heterocycles. The van der Waals surface area contributed by atoms with Crippen molar-refractivity contribution in [1.82, 2.24) is 15.5 Å². The summed E-state index contributed by atoms with van der Waals surface area (Å²) in [6, 6.07) is 4.70. The largest absolute Gasteiger partial charge is 0.435 e. The number of carbonyl (C=O) groups is 3. The maximum Gasteiger partial charge on any atom is 0.387 e. The number of nitrogens with one attached hydrogen (secondary N) is 2. The monoisotopic (exact) mass is 411 g/mol. The van der Waals surface area contributed by atoms with Gasteiger partial charge in [-0.15, -0.1) is 0 Å². The first-order chi connectivity index (χ1) is 13.7. The first-order valence-electron chi connectivity index (χ1n) is 9.66. The number of rotatable bonds is 10. The third-order valence-corrected chi connectivity index (χ3v) is 4.88. The van der Waals surface area contributed by atoms with Crippen molar-refractivity contribution in [2.75, 3.05) is 6.54 Å². The van der Waals surface area contributed by atoms with E-state index in [1.54, 1.807) is 0 Å². The van der Waals surface area contributed by atoms with Crippen LogP contribution in [0, 0.1) is 0 Å². The van der Waals surface area contributed by atoms with Gasteiger partial charge in [-0.3, -0.25) is 14.5 Å². The van der Waals surface area contributed by atoms with E-state index in [1.807, 2.05) is 6.92 Å². The fraction of sp³-hybridized carbons (Fsp3) is 0.550. The zero-order valence-corrected chi connectivity index (χ0v) is 16.8. The number of hydrogen-bond donors (Lipinski definition) is 2. The fourth-order valence-electron chi connectivity index (χ4n) is 3.24. The minimum atomic E-state index is -2.96. The van der Waals surface area contributed by atoms with Gasteiger partial charge in [0.05, 0.1) is 0 Å². The molecule has 160 valence electrons. The Labute approximate surface area is 168 Å². The first-order valence-corrected chi connectivity index (χ1v) is 9.66. The maximum atomic E-state index is 12.8. The summed E-state index contributed by atoms with van der Waals surface area (Å²) in [5.41, 5.74) is -0.999. The highest BCUT2D eigenvalue weighted by atomic mass is 19.3. The predicted molar refractivity (Wildman–Crippen MR) is 102 cm³/mol. The molecule has 9 heteroatoms. The molecule has 1 aromatic carbocycles. The zero-order chi connectivity index (χ0) is 21.6. The summed E-state index contributed by atoms with van der Waals surface area (Å²) >= 11 is 0. The second-order valence-corrected chi connectivity index (χ2v) is 7.31. The molecule has 29 heavy (non-hydrogen) atoms. The van der Waals surface area contributed by atoms with E-state index in [0.717, 1.165) is 30.6 Å². The number of halogens is 2. The van der Waals surface area contributed by atoms with Crippen molar-refractivity contribution in [3.8, 4) is 5.75 Å². The lowest BCUT2D eigenvalue weighted by Gasteiger charge is -2.22. The lowest BCUT2D eigenvalue weighted by molar-refractivity contribution is -0.135. The fourth-order valence-corrected chi connectivity index (χ4v) is 3.24. The van der Waals surface area contributed by atoms with Gasteiger partial charge in [0.15, 0.2) is 0 Å². The van der Waals surface area contributed by atoms with Crippen LogP contribution in [0.1, 0.15) is 52.0 Å². The van der Waals surface area contributed by atoms with Crippen molar-refractivity contribution < 1.29 is 27.9 Å². The number of hydrogen-bond acceptors (Lipinski definition) is 4. The Balaban J connectivity index is 2.01. The molecule has 0 bridgehead atoms. The van der Waals surface area contributed by atoms with E-state index in [4.69, 9.17) is 0 Å². The minimum absolute atomic E-state index is 0.0522. The summed E-state index contributed by atoms with van der Waals surface area (Å²) in [6.07, 6.45) is 3.97. The second-order valence-electron chi connectivity index (χ2n) is 7.31. The molecule has 0 aliphatic carbocycles. The molecule has 0 unspecified atom stereocenters. The molecular formula is C20H27F2N3O4. The molecule has 0 aromatic heterocycles. The Morgan fingerprint density at radius 3 is 2.48 bits per heavy atom. The van der Waals surface area contributed by atoms with E-state index in [1.165, 1.54) is 31.2 Å². The molecular weight excluding hydrogens is 384 g/mol. The molecule has 7 nitrogen and oxygen atoms in total. The molecule has 1 aliphatic rings. The Hall–Kier alpha value is -2.71. The number of imide groups is 1. The summed E-state index contributed by atoms with van der Waals surface area (Å²) in [5.74, 6) is -1.06. The van der Waals surface area contributed by atoms with E-state index < -0.39 is 30.0 Å². The van der Waals surface area contributed by atoms with Crippen LogP contribution in [0.2, 0.25) is 0 Å². The van der Waals surface area contributed by atoms with Crippen LogP contribution in [0.15, 0.2) is 24.3 Å². The van der Waals surface area contributed by atoms with Gasteiger partial charge in [-0.1, -0.05) is 38.3 Å². The van der Waals surface area contributed by atoms with Crippen LogP contribution < -0.4 is 15.4 Å². The van der Waals surface area contributed by atoms with Crippen LogP contribution in [0.25, 0.3) is 0 Å². The van der Waals surface area contributed by atoms with Crippen LogP contribution in [-0.2, 0) is 15.1 Å². The van der Waals surface area contributed by atoms with Gasteiger partial charge >= 0.3 is 12.6 Å². The minimum Gasteiger partial charge on any atom is -0.435 e. The number of unbranched alkanes of at least 4 members (excludes halogenated alkanes) is 2. The smallest absolute Gasteiger partial charge is 0.387 e. The molecule has 2 atom stereocenters. The second kappa shape index (κ2) is 9.67. The number of nitrogens with zero attached hydrogens (tertiary/aromatic N) is 1. The standard InChI is InChI=1S/C20H27F2N3O4/c1-4-5-6-7-13(2)23-16(26)12-25-17(27)20(3,24-19(25)28)14-8-10-15(11-9-14)29-18(21)22/h8-11,13,18H,4-7,12H2,1-3H3,(H,23,26)(H,24,28)/t13-,20+/m1/s1. The summed E-state index contributed by atoms with van der Waals surface area (Å²) in [6.45, 7) is 2.14. The Morgan fingerprint density at radius 1 is 1.24 bits per heavy atom. The van der Waals surface area contributed by atoms with Gasteiger partial charge < -0.3 is 15.4 Å². The first kappa shape index (κ1) is 22.6. The van der Waals surface area contributed by atoms with Gasteiger partial charge in [0.2, 0.25) is 5.91 Å². The molecule has 0 spiro atoms. The van der Waals surface area contributed by atoms with E-state index in [-0.39, 0.29) is 18.3 Å². The van der Waals surface area contributed by atoms with Gasteiger partial charge in [-0.25, -0.2) is 4.79 Å². The molecule has 0 radical (unpaired) electrons. The van der Waals surface area contributed by atoms with E-state index in [2.05, 4.69) is 22.3 Å². The molecule has 1 heterocycles. The molecule has 1 fully saturated rings. The normalized spacial score (nSPS) is 20.0. The SMILES string of the molecule is CCCCC[C@@H](C)NC(=O)CN1C(=O)N[C@@](C)(c2ccc(OC(F)F)cc2)C1=O. The Kier molecular flexibility index (Phi) is 7.53. The number of benzene rings is 1. The zero-order valence-electron chi connectivity index (χ0n) is 16.8. The van der Waals surface area contributed by atoms with Crippen molar-refractivity contribution in [2.24, 2.45) is 0 Å².